The van der Waals surface area contributed by atoms with Gasteiger partial charge in [0.05, 0.1) is 6.61 Å². The molecule has 0 fully saturated rings. The van der Waals surface area contributed by atoms with Gasteiger partial charge in [0.1, 0.15) is 0 Å². The lowest BCUT2D eigenvalue weighted by molar-refractivity contribution is 0.343. The Bertz CT molecular complexity index is 425. The van der Waals surface area contributed by atoms with Crippen molar-refractivity contribution in [3.05, 3.63) is 72.6 Å². The Kier molecular flexibility index (Phi) is 4.49. The molecule has 2 heteroatoms. The number of rotatable bonds is 4. The maximum atomic E-state index is 8.93. The maximum Gasteiger partial charge on any atom is 0.0616 e. The average Bonchev–Trinajstić information content (AvgIpc) is 2.42. The van der Waals surface area contributed by atoms with Crippen molar-refractivity contribution in [3.8, 4) is 0 Å². The topological polar surface area (TPSA) is 20.2 Å². The van der Waals surface area contributed by atoms with Crippen LogP contribution in [0.1, 0.15) is 0 Å². The molecule has 0 atom stereocenters. The van der Waals surface area contributed by atoms with Crippen LogP contribution >= 0.6 is 7.92 Å². The van der Waals surface area contributed by atoms with Crippen molar-refractivity contribution in [2.75, 3.05) is 6.61 Å². The van der Waals surface area contributed by atoms with Crippen molar-refractivity contribution in [2.45, 2.75) is 0 Å². The molecule has 17 heavy (non-hydrogen) atoms. The van der Waals surface area contributed by atoms with Crippen molar-refractivity contribution in [2.24, 2.45) is 0 Å². The summed E-state index contributed by atoms with van der Waals surface area (Å²) in [7, 11) is -0.497. The summed E-state index contributed by atoms with van der Waals surface area (Å²) >= 11 is 0. The molecule has 0 heterocycles. The van der Waals surface area contributed by atoms with Crippen molar-refractivity contribution in [1.82, 2.24) is 0 Å². The Balaban J connectivity index is 2.36. The highest BCUT2D eigenvalue weighted by molar-refractivity contribution is 7.75. The van der Waals surface area contributed by atoms with Gasteiger partial charge in [-0.1, -0.05) is 72.6 Å². The number of hydrogen-bond acceptors (Lipinski definition) is 1. The Labute approximate surface area is 103 Å². The second-order valence-electron chi connectivity index (χ2n) is 3.61. The Morgan fingerprint density at radius 3 is 1.71 bits per heavy atom. The Morgan fingerprint density at radius 1 is 0.824 bits per heavy atom. The average molecular weight is 242 g/mol. The fourth-order valence-corrected chi connectivity index (χ4v) is 3.59. The van der Waals surface area contributed by atoms with E-state index in [-0.39, 0.29) is 6.61 Å². The largest absolute Gasteiger partial charge is 0.392 e. The third kappa shape index (κ3) is 3.26. The zero-order chi connectivity index (χ0) is 11.9. The fraction of sp³-hybridized carbons (Fsp3) is 0.0667. The zero-order valence-corrected chi connectivity index (χ0v) is 10.4. The zero-order valence-electron chi connectivity index (χ0n) is 9.53. The normalized spacial score (nSPS) is 11.2. The molecule has 0 saturated heterocycles. The molecule has 1 nitrogen and oxygen atoms in total. The molecule has 0 aliphatic carbocycles. The van der Waals surface area contributed by atoms with E-state index < -0.39 is 7.92 Å². The molecule has 0 aromatic heterocycles. The van der Waals surface area contributed by atoms with E-state index in [4.69, 9.17) is 5.11 Å². The van der Waals surface area contributed by atoms with Crippen LogP contribution in [-0.4, -0.2) is 11.7 Å². The molecule has 0 bridgehead atoms. The highest BCUT2D eigenvalue weighted by atomic mass is 31.1. The maximum absolute atomic E-state index is 8.93. The molecule has 0 spiro atoms. The molecule has 2 aromatic rings. The van der Waals surface area contributed by atoms with Crippen LogP contribution in [0.4, 0.5) is 0 Å². The van der Waals surface area contributed by atoms with Gasteiger partial charge in [-0.25, -0.2) is 0 Å². The summed E-state index contributed by atoms with van der Waals surface area (Å²) in [5.41, 5.74) is 0. The van der Waals surface area contributed by atoms with Gasteiger partial charge < -0.3 is 5.11 Å². The molecule has 0 saturated carbocycles. The lowest BCUT2D eigenvalue weighted by Crippen LogP contribution is -2.09. The number of hydrogen-bond donors (Lipinski definition) is 1. The molecule has 2 aromatic carbocycles. The van der Waals surface area contributed by atoms with E-state index in [1.807, 2.05) is 18.2 Å². The summed E-state index contributed by atoms with van der Waals surface area (Å²) in [5, 5.41) is 11.5. The van der Waals surface area contributed by atoms with Gasteiger partial charge in [-0.05, 0) is 18.5 Å². The van der Waals surface area contributed by atoms with Gasteiger partial charge in [-0.15, -0.1) is 0 Å². The highest BCUT2D eigenvalue weighted by Crippen LogP contribution is 2.34. The molecule has 0 unspecified atom stereocenters. The fourth-order valence-electron chi connectivity index (χ4n) is 1.65. The van der Waals surface area contributed by atoms with Crippen molar-refractivity contribution >= 4 is 18.5 Å². The van der Waals surface area contributed by atoms with Gasteiger partial charge in [0, 0.05) is 0 Å². The molecule has 0 amide bonds. The molecule has 2 rings (SSSR count). The molecule has 0 aliphatic rings. The third-order valence-electron chi connectivity index (χ3n) is 2.43. The van der Waals surface area contributed by atoms with Gasteiger partial charge in [-0.2, -0.15) is 0 Å². The summed E-state index contributed by atoms with van der Waals surface area (Å²) in [4.78, 5) is 0. The summed E-state index contributed by atoms with van der Waals surface area (Å²) in [6.07, 6.45) is 1.83. The van der Waals surface area contributed by atoms with E-state index in [2.05, 4.69) is 54.3 Å². The summed E-state index contributed by atoms with van der Waals surface area (Å²) in [6, 6.07) is 20.8. The van der Waals surface area contributed by atoms with Crippen molar-refractivity contribution < 1.29 is 5.11 Å². The van der Waals surface area contributed by atoms with Crippen LogP contribution in [0.2, 0.25) is 0 Å². The number of benzene rings is 2. The van der Waals surface area contributed by atoms with E-state index in [1.54, 1.807) is 0 Å². The quantitative estimate of drug-likeness (QED) is 0.817. The van der Waals surface area contributed by atoms with Crippen LogP contribution < -0.4 is 10.6 Å². The molecule has 1 N–H and O–H groups in total. The van der Waals surface area contributed by atoms with E-state index >= 15 is 0 Å². The van der Waals surface area contributed by atoms with Crippen LogP contribution in [0.5, 0.6) is 0 Å². The van der Waals surface area contributed by atoms with Crippen molar-refractivity contribution in [3.63, 3.8) is 0 Å². The van der Waals surface area contributed by atoms with Gasteiger partial charge in [0.25, 0.3) is 0 Å². The lowest BCUT2D eigenvalue weighted by atomic mass is 10.4. The first-order chi connectivity index (χ1) is 8.42. The molecule has 0 aliphatic heterocycles. The summed E-state index contributed by atoms with van der Waals surface area (Å²) in [6.45, 7) is 0.0957. The number of aliphatic hydroxyl groups excluding tert-OH is 1. The first-order valence-electron chi connectivity index (χ1n) is 5.58. The standard InChI is InChI=1S/C15H15OP/c16-12-7-13-17(14-8-3-1-4-9-14)15-10-5-2-6-11-15/h1-11,13,16H,12H2. The Morgan fingerprint density at radius 2 is 1.29 bits per heavy atom. The number of aliphatic hydroxyl groups is 1. The molecular formula is C15H15OP. The second-order valence-corrected chi connectivity index (χ2v) is 5.68. The van der Waals surface area contributed by atoms with Gasteiger partial charge in [-0.3, -0.25) is 0 Å². The van der Waals surface area contributed by atoms with Gasteiger partial charge in [0.2, 0.25) is 0 Å². The van der Waals surface area contributed by atoms with E-state index in [0.717, 1.165) is 0 Å². The molecular weight excluding hydrogens is 227 g/mol. The SMILES string of the molecule is OCC=CP(c1ccccc1)c1ccccc1. The first-order valence-corrected chi connectivity index (χ1v) is 7.00. The van der Waals surface area contributed by atoms with Crippen LogP contribution in [0.25, 0.3) is 0 Å². The molecule has 86 valence electrons. The lowest BCUT2D eigenvalue weighted by Gasteiger charge is -2.14. The molecule has 0 radical (unpaired) electrons. The monoisotopic (exact) mass is 242 g/mol. The van der Waals surface area contributed by atoms with Crippen molar-refractivity contribution in [1.29, 1.82) is 0 Å². The first kappa shape index (κ1) is 12.0. The van der Waals surface area contributed by atoms with Crippen LogP contribution in [-0.2, 0) is 0 Å². The minimum absolute atomic E-state index is 0.0957. The highest BCUT2D eigenvalue weighted by Gasteiger charge is 2.08. The minimum atomic E-state index is -0.497. The van der Waals surface area contributed by atoms with Gasteiger partial charge in [0.15, 0.2) is 0 Å². The third-order valence-corrected chi connectivity index (χ3v) is 4.65. The summed E-state index contributed by atoms with van der Waals surface area (Å²) < 4.78 is 0. The van der Waals surface area contributed by atoms with E-state index in [1.165, 1.54) is 10.6 Å². The summed E-state index contributed by atoms with van der Waals surface area (Å²) in [5.74, 6) is 2.11. The van der Waals surface area contributed by atoms with Crippen LogP contribution in [0.15, 0.2) is 72.6 Å². The van der Waals surface area contributed by atoms with E-state index in [0.29, 0.717) is 0 Å². The predicted octanol–water partition coefficient (Wildman–Crippen LogP) is 2.63. The van der Waals surface area contributed by atoms with Crippen LogP contribution in [0, 0.1) is 0 Å². The Hall–Kier alpha value is -1.43. The second kappa shape index (κ2) is 6.34. The van der Waals surface area contributed by atoms with E-state index in [9.17, 15) is 0 Å². The van der Waals surface area contributed by atoms with Crippen LogP contribution in [0.3, 0.4) is 0 Å². The minimum Gasteiger partial charge on any atom is -0.392 e. The smallest absolute Gasteiger partial charge is 0.0616 e. The predicted molar refractivity (Wildman–Crippen MR) is 75.3 cm³/mol. The van der Waals surface area contributed by atoms with Gasteiger partial charge >= 0.3 is 0 Å².